The Morgan fingerprint density at radius 1 is 0.811 bits per heavy atom. The highest BCUT2D eigenvalue weighted by Crippen LogP contribution is 2.34. The quantitative estimate of drug-likeness (QED) is 0.358. The molecule has 188 valence electrons. The molecular weight excluding hydrogens is 515 g/mol. The smallest absolute Gasteiger partial charge is 0.283 e. The maximum atomic E-state index is 13.0. The number of nitrogens with one attached hydrogen (secondary N) is 3. The number of halogens is 2. The van der Waals surface area contributed by atoms with E-state index in [-0.39, 0.29) is 29.0 Å². The Bertz CT molecular complexity index is 1430. The number of nitrogens with zero attached hydrogens (tertiary/aromatic N) is 1. The molecule has 3 N–H and O–H groups in total. The lowest BCUT2D eigenvalue weighted by Crippen LogP contribution is -2.32. The zero-order chi connectivity index (χ0) is 26.7. The van der Waals surface area contributed by atoms with Crippen LogP contribution in [0.5, 0.6) is 0 Å². The van der Waals surface area contributed by atoms with Crippen LogP contribution in [-0.2, 0) is 25.6 Å². The van der Waals surface area contributed by atoms with E-state index in [1.165, 1.54) is 6.92 Å². The van der Waals surface area contributed by atoms with Crippen molar-refractivity contribution in [3.05, 3.63) is 93.6 Å². The molecule has 37 heavy (non-hydrogen) atoms. The summed E-state index contributed by atoms with van der Waals surface area (Å²) in [5, 5.41) is 8.58. The van der Waals surface area contributed by atoms with Gasteiger partial charge in [0.2, 0.25) is 11.8 Å². The zero-order valence-corrected chi connectivity index (χ0v) is 21.4. The van der Waals surface area contributed by atoms with E-state index in [4.69, 9.17) is 23.2 Å². The standard InChI is InChI=1S/C27H22Cl2N4O4/c1-15-21(28)4-3-5-22(15)33-26(36)24(29)25(27(33)37)32-20-8-6-17(7-9-20)14-23(35)31-19-12-10-18(11-13-19)30-16(2)34/h3-13,32H,14H2,1-2H3,(H,30,34)(H,31,35). The van der Waals surface area contributed by atoms with E-state index in [0.717, 1.165) is 10.5 Å². The average molecular weight is 537 g/mol. The number of hydrogen-bond acceptors (Lipinski definition) is 5. The van der Waals surface area contributed by atoms with Crippen LogP contribution in [0.3, 0.4) is 0 Å². The Hall–Kier alpha value is -4.14. The Morgan fingerprint density at radius 2 is 1.41 bits per heavy atom. The lowest BCUT2D eigenvalue weighted by Gasteiger charge is -2.18. The summed E-state index contributed by atoms with van der Waals surface area (Å²) >= 11 is 12.4. The van der Waals surface area contributed by atoms with Crippen molar-refractivity contribution in [3.8, 4) is 0 Å². The Labute approximate surface area is 223 Å². The van der Waals surface area contributed by atoms with Gasteiger partial charge in [0.15, 0.2) is 0 Å². The van der Waals surface area contributed by atoms with E-state index in [2.05, 4.69) is 16.0 Å². The predicted molar refractivity (Wildman–Crippen MR) is 145 cm³/mol. The van der Waals surface area contributed by atoms with E-state index < -0.39 is 11.8 Å². The first-order chi connectivity index (χ1) is 17.6. The molecule has 0 bridgehead atoms. The van der Waals surface area contributed by atoms with E-state index in [9.17, 15) is 19.2 Å². The molecule has 0 aliphatic carbocycles. The molecule has 3 aromatic rings. The van der Waals surface area contributed by atoms with Crippen molar-refractivity contribution in [1.29, 1.82) is 0 Å². The number of carbonyl (C=O) groups is 4. The van der Waals surface area contributed by atoms with Crippen molar-refractivity contribution >= 4 is 69.6 Å². The Morgan fingerprint density at radius 3 is 2.03 bits per heavy atom. The highest BCUT2D eigenvalue weighted by Gasteiger charge is 2.39. The van der Waals surface area contributed by atoms with Crippen LogP contribution in [0, 0.1) is 6.92 Å². The van der Waals surface area contributed by atoms with Crippen LogP contribution in [0.4, 0.5) is 22.7 Å². The van der Waals surface area contributed by atoms with Crippen molar-refractivity contribution in [2.45, 2.75) is 20.3 Å². The van der Waals surface area contributed by atoms with Crippen molar-refractivity contribution in [1.82, 2.24) is 0 Å². The largest absolute Gasteiger partial charge is 0.350 e. The van der Waals surface area contributed by atoms with Gasteiger partial charge in [0.1, 0.15) is 10.7 Å². The molecule has 0 saturated carbocycles. The predicted octanol–water partition coefficient (Wildman–Crippen LogP) is 5.22. The Balaban J connectivity index is 1.39. The molecule has 0 radical (unpaired) electrons. The number of anilines is 4. The second-order valence-electron chi connectivity index (χ2n) is 8.32. The third-order valence-electron chi connectivity index (χ3n) is 5.58. The fourth-order valence-corrected chi connectivity index (χ4v) is 4.13. The van der Waals surface area contributed by atoms with Gasteiger partial charge in [-0.3, -0.25) is 19.2 Å². The minimum absolute atomic E-state index is 0.0424. The van der Waals surface area contributed by atoms with Gasteiger partial charge in [-0.2, -0.15) is 0 Å². The number of benzene rings is 3. The molecular formula is C27H22Cl2N4O4. The molecule has 3 aromatic carbocycles. The zero-order valence-electron chi connectivity index (χ0n) is 19.9. The molecule has 1 aliphatic rings. The monoisotopic (exact) mass is 536 g/mol. The summed E-state index contributed by atoms with van der Waals surface area (Å²) in [7, 11) is 0. The number of hydrogen-bond donors (Lipinski definition) is 3. The van der Waals surface area contributed by atoms with E-state index in [1.54, 1.807) is 73.7 Å². The van der Waals surface area contributed by atoms with Crippen molar-refractivity contribution < 1.29 is 19.2 Å². The number of amides is 4. The highest BCUT2D eigenvalue weighted by atomic mass is 35.5. The second kappa shape index (κ2) is 10.9. The van der Waals surface area contributed by atoms with Crippen LogP contribution in [0.2, 0.25) is 5.02 Å². The van der Waals surface area contributed by atoms with Gasteiger partial charge in [-0.1, -0.05) is 41.4 Å². The van der Waals surface area contributed by atoms with E-state index >= 15 is 0 Å². The molecule has 1 aliphatic heterocycles. The molecule has 10 heteroatoms. The highest BCUT2D eigenvalue weighted by molar-refractivity contribution is 6.53. The topological polar surface area (TPSA) is 108 Å². The maximum Gasteiger partial charge on any atom is 0.283 e. The molecule has 4 amide bonds. The van der Waals surface area contributed by atoms with E-state index in [0.29, 0.717) is 33.3 Å². The summed E-state index contributed by atoms with van der Waals surface area (Å²) in [6.45, 7) is 3.14. The summed E-state index contributed by atoms with van der Waals surface area (Å²) in [4.78, 5) is 50.3. The number of imide groups is 1. The average Bonchev–Trinajstić information content (AvgIpc) is 3.06. The van der Waals surface area contributed by atoms with E-state index in [1.807, 2.05) is 0 Å². The van der Waals surface area contributed by atoms with Crippen LogP contribution in [-0.4, -0.2) is 23.6 Å². The first-order valence-electron chi connectivity index (χ1n) is 11.2. The lowest BCUT2D eigenvalue weighted by atomic mass is 10.1. The first-order valence-corrected chi connectivity index (χ1v) is 12.0. The normalized spacial score (nSPS) is 13.1. The molecule has 0 unspecified atom stereocenters. The molecule has 0 fully saturated rings. The van der Waals surface area contributed by atoms with Crippen molar-refractivity contribution in [3.63, 3.8) is 0 Å². The summed E-state index contributed by atoms with van der Waals surface area (Å²) in [6, 6.07) is 18.6. The fourth-order valence-electron chi connectivity index (χ4n) is 3.75. The number of carbonyl (C=O) groups excluding carboxylic acids is 4. The maximum absolute atomic E-state index is 13.0. The molecule has 0 saturated heterocycles. The Kier molecular flexibility index (Phi) is 7.61. The van der Waals surface area contributed by atoms with Crippen LogP contribution in [0.15, 0.2) is 77.5 Å². The first kappa shape index (κ1) is 25.9. The molecule has 1 heterocycles. The van der Waals surface area contributed by atoms with Gasteiger partial charge in [0.25, 0.3) is 11.8 Å². The van der Waals surface area contributed by atoms with Gasteiger partial charge < -0.3 is 16.0 Å². The molecule has 0 aromatic heterocycles. The third-order valence-corrected chi connectivity index (χ3v) is 6.34. The third kappa shape index (κ3) is 5.82. The summed E-state index contributed by atoms with van der Waals surface area (Å²) in [5.41, 5.74) is 3.41. The van der Waals surface area contributed by atoms with Crippen molar-refractivity contribution in [2.24, 2.45) is 0 Å². The number of rotatable bonds is 7. The van der Waals surface area contributed by atoms with Gasteiger partial charge in [0, 0.05) is 29.0 Å². The van der Waals surface area contributed by atoms with Crippen LogP contribution in [0.1, 0.15) is 18.1 Å². The van der Waals surface area contributed by atoms with Gasteiger partial charge >= 0.3 is 0 Å². The van der Waals surface area contributed by atoms with Crippen molar-refractivity contribution in [2.75, 3.05) is 20.9 Å². The van der Waals surface area contributed by atoms with Gasteiger partial charge in [-0.05, 0) is 66.6 Å². The minimum Gasteiger partial charge on any atom is -0.350 e. The second-order valence-corrected chi connectivity index (χ2v) is 9.11. The fraction of sp³-hybridized carbons (Fsp3) is 0.111. The molecule has 4 rings (SSSR count). The van der Waals surface area contributed by atoms with Crippen LogP contribution >= 0.6 is 23.2 Å². The van der Waals surface area contributed by atoms with Crippen LogP contribution < -0.4 is 20.9 Å². The minimum atomic E-state index is -0.641. The molecule has 0 spiro atoms. The van der Waals surface area contributed by atoms with Crippen LogP contribution in [0.25, 0.3) is 0 Å². The molecule has 0 atom stereocenters. The van der Waals surface area contributed by atoms with Gasteiger partial charge in [-0.15, -0.1) is 0 Å². The lowest BCUT2D eigenvalue weighted by molar-refractivity contribution is -0.120. The summed E-state index contributed by atoms with van der Waals surface area (Å²) in [6.07, 6.45) is 0.121. The SMILES string of the molecule is CC(=O)Nc1ccc(NC(=O)Cc2ccc(NC3=C(Cl)C(=O)N(c4cccc(Cl)c4C)C3=O)cc2)cc1. The summed E-state index contributed by atoms with van der Waals surface area (Å²) < 4.78 is 0. The summed E-state index contributed by atoms with van der Waals surface area (Å²) in [5.74, 6) is -1.63. The van der Waals surface area contributed by atoms with Gasteiger partial charge in [-0.25, -0.2) is 4.90 Å². The van der Waals surface area contributed by atoms with Gasteiger partial charge in [0.05, 0.1) is 12.1 Å². The molecule has 8 nitrogen and oxygen atoms in total.